The summed E-state index contributed by atoms with van der Waals surface area (Å²) in [6, 6.07) is 13.7. The fourth-order valence-electron chi connectivity index (χ4n) is 4.13. The molecule has 2 aromatic carbocycles. The summed E-state index contributed by atoms with van der Waals surface area (Å²) in [4.78, 5) is 24.6. The molecule has 3 heterocycles. The maximum Gasteiger partial charge on any atom is 0.293 e. The number of aryl methyl sites for hydroxylation is 2. The Morgan fingerprint density at radius 1 is 1.03 bits per heavy atom. The van der Waals surface area contributed by atoms with Crippen LogP contribution in [0.4, 0.5) is 11.5 Å². The van der Waals surface area contributed by atoms with Crippen LogP contribution in [0.15, 0.2) is 46.9 Å². The minimum atomic E-state index is -0.313. The number of benzene rings is 2. The number of rotatable bonds is 3. The van der Waals surface area contributed by atoms with Gasteiger partial charge in [0, 0.05) is 24.2 Å². The Hall–Kier alpha value is -3.41. The molecule has 0 unspecified atom stereocenters. The third-order valence-corrected chi connectivity index (χ3v) is 5.69. The second kappa shape index (κ2) is 7.44. The zero-order valence-corrected chi connectivity index (χ0v) is 17.2. The number of nitrogens with one attached hydrogen (secondary N) is 1. The number of anilines is 2. The van der Waals surface area contributed by atoms with E-state index < -0.39 is 0 Å². The minimum Gasteiger partial charge on any atom is -0.450 e. The highest BCUT2D eigenvalue weighted by molar-refractivity contribution is 6.09. The van der Waals surface area contributed by atoms with Crippen LogP contribution in [0.5, 0.6) is 0 Å². The first kappa shape index (κ1) is 18.6. The van der Waals surface area contributed by atoms with Crippen LogP contribution in [0, 0.1) is 13.8 Å². The van der Waals surface area contributed by atoms with Crippen molar-refractivity contribution in [2.24, 2.45) is 0 Å². The second-order valence-electron chi connectivity index (χ2n) is 7.97. The summed E-state index contributed by atoms with van der Waals surface area (Å²) in [6.07, 6.45) is 3.43. The Bertz CT molecular complexity index is 1260. The summed E-state index contributed by atoms with van der Waals surface area (Å²) < 4.78 is 6.12. The summed E-state index contributed by atoms with van der Waals surface area (Å²) in [6.45, 7) is 5.82. The molecular formula is C24H24N4O2. The minimum absolute atomic E-state index is 0.162. The molecule has 4 aromatic rings. The molecule has 30 heavy (non-hydrogen) atoms. The molecule has 0 radical (unpaired) electrons. The maximum atomic E-state index is 13.1. The van der Waals surface area contributed by atoms with Gasteiger partial charge in [0.1, 0.15) is 11.1 Å². The van der Waals surface area contributed by atoms with Crippen molar-refractivity contribution in [2.75, 3.05) is 23.3 Å². The number of furan rings is 1. The van der Waals surface area contributed by atoms with Gasteiger partial charge in [0.25, 0.3) is 5.91 Å². The lowest BCUT2D eigenvalue weighted by Gasteiger charge is -2.27. The van der Waals surface area contributed by atoms with Gasteiger partial charge in [0.2, 0.25) is 5.82 Å². The van der Waals surface area contributed by atoms with Crippen molar-refractivity contribution in [2.45, 2.75) is 33.1 Å². The van der Waals surface area contributed by atoms with Gasteiger partial charge in [-0.2, -0.15) is 0 Å². The molecule has 1 aliphatic heterocycles. The van der Waals surface area contributed by atoms with Crippen LogP contribution in [0.3, 0.4) is 0 Å². The lowest BCUT2D eigenvalue weighted by Crippen LogP contribution is -2.31. The van der Waals surface area contributed by atoms with E-state index in [1.807, 2.05) is 56.3 Å². The summed E-state index contributed by atoms with van der Waals surface area (Å²) in [5.74, 6) is 0.559. The first-order valence-corrected chi connectivity index (χ1v) is 10.4. The Balaban J connectivity index is 1.62. The van der Waals surface area contributed by atoms with E-state index in [1.165, 1.54) is 6.42 Å². The summed E-state index contributed by atoms with van der Waals surface area (Å²) in [5.41, 5.74) is 5.03. The molecule has 0 saturated carbocycles. The highest BCUT2D eigenvalue weighted by Gasteiger charge is 2.24. The molecule has 6 nitrogen and oxygen atoms in total. The van der Waals surface area contributed by atoms with Crippen molar-refractivity contribution >= 4 is 39.5 Å². The summed E-state index contributed by atoms with van der Waals surface area (Å²) >= 11 is 0. The van der Waals surface area contributed by atoms with Crippen LogP contribution < -0.4 is 10.2 Å². The van der Waals surface area contributed by atoms with Crippen LogP contribution in [-0.2, 0) is 0 Å². The lowest BCUT2D eigenvalue weighted by atomic mass is 10.1. The molecule has 0 bridgehead atoms. The monoisotopic (exact) mass is 400 g/mol. The lowest BCUT2D eigenvalue weighted by molar-refractivity contribution is 0.101. The van der Waals surface area contributed by atoms with E-state index in [2.05, 4.69) is 20.2 Å². The zero-order chi connectivity index (χ0) is 20.7. The van der Waals surface area contributed by atoms with Crippen LogP contribution in [0.1, 0.15) is 41.0 Å². The number of amides is 1. The molecule has 1 saturated heterocycles. The first-order chi connectivity index (χ1) is 14.6. The van der Waals surface area contributed by atoms with Crippen molar-refractivity contribution < 1.29 is 9.21 Å². The highest BCUT2D eigenvalue weighted by Crippen LogP contribution is 2.34. The van der Waals surface area contributed by atoms with Gasteiger partial charge in [-0.1, -0.05) is 29.8 Å². The third-order valence-electron chi connectivity index (χ3n) is 5.69. The van der Waals surface area contributed by atoms with E-state index >= 15 is 0 Å². The Morgan fingerprint density at radius 2 is 1.83 bits per heavy atom. The van der Waals surface area contributed by atoms with E-state index in [0.717, 1.165) is 53.7 Å². The molecule has 6 heteroatoms. The summed E-state index contributed by atoms with van der Waals surface area (Å²) in [5, 5.41) is 3.87. The largest absolute Gasteiger partial charge is 0.450 e. The average molecular weight is 400 g/mol. The van der Waals surface area contributed by atoms with E-state index in [1.54, 1.807) is 0 Å². The van der Waals surface area contributed by atoms with Crippen molar-refractivity contribution in [3.63, 3.8) is 0 Å². The Morgan fingerprint density at radius 3 is 2.63 bits per heavy atom. The van der Waals surface area contributed by atoms with Gasteiger partial charge in [-0.3, -0.25) is 4.79 Å². The van der Waals surface area contributed by atoms with Crippen LogP contribution in [0.2, 0.25) is 0 Å². The van der Waals surface area contributed by atoms with Gasteiger partial charge in [-0.25, -0.2) is 9.97 Å². The van der Waals surface area contributed by atoms with Crippen molar-refractivity contribution in [1.29, 1.82) is 0 Å². The molecule has 0 atom stereocenters. The number of aromatic nitrogens is 2. The quantitative estimate of drug-likeness (QED) is 0.509. The highest BCUT2D eigenvalue weighted by atomic mass is 16.3. The number of carbonyl (C=O) groups is 1. The number of hydrogen-bond acceptors (Lipinski definition) is 5. The van der Waals surface area contributed by atoms with Crippen LogP contribution in [0.25, 0.3) is 22.1 Å². The van der Waals surface area contributed by atoms with Gasteiger partial charge in [-0.05, 0) is 56.9 Å². The first-order valence-electron chi connectivity index (χ1n) is 10.4. The topological polar surface area (TPSA) is 71.3 Å². The molecule has 1 amide bonds. The number of para-hydroxylation sites is 1. The maximum absolute atomic E-state index is 13.1. The van der Waals surface area contributed by atoms with Gasteiger partial charge >= 0.3 is 0 Å². The van der Waals surface area contributed by atoms with Crippen LogP contribution in [-0.4, -0.2) is 29.0 Å². The second-order valence-corrected chi connectivity index (χ2v) is 7.97. The van der Waals surface area contributed by atoms with Gasteiger partial charge in [-0.15, -0.1) is 0 Å². The van der Waals surface area contributed by atoms with Gasteiger partial charge in [0.15, 0.2) is 11.4 Å². The summed E-state index contributed by atoms with van der Waals surface area (Å²) in [7, 11) is 0. The SMILES string of the molecule is Cc1ccc(NC(=O)c2nc(N3CCCCC3)c3oc4ccccc4c3n2)c(C)c1. The fraction of sp³-hybridized carbons (Fsp3) is 0.292. The van der Waals surface area contributed by atoms with Gasteiger partial charge in [0.05, 0.1) is 0 Å². The average Bonchev–Trinajstić information content (AvgIpc) is 3.14. The number of hydrogen-bond donors (Lipinski definition) is 1. The van der Waals surface area contributed by atoms with Crippen molar-refractivity contribution in [3.8, 4) is 0 Å². The molecule has 1 N–H and O–H groups in total. The zero-order valence-electron chi connectivity index (χ0n) is 17.2. The molecule has 5 rings (SSSR count). The van der Waals surface area contributed by atoms with E-state index in [0.29, 0.717) is 16.9 Å². The molecule has 1 aliphatic rings. The smallest absolute Gasteiger partial charge is 0.293 e. The normalized spacial score (nSPS) is 14.4. The van der Waals surface area contributed by atoms with E-state index in [-0.39, 0.29) is 11.7 Å². The molecule has 0 spiro atoms. The Labute approximate surface area is 174 Å². The molecule has 2 aromatic heterocycles. The van der Waals surface area contributed by atoms with Gasteiger partial charge < -0.3 is 14.6 Å². The molecule has 1 fully saturated rings. The van der Waals surface area contributed by atoms with Crippen LogP contribution >= 0.6 is 0 Å². The standard InChI is InChI=1S/C24H24N4O2/c1-15-10-11-18(16(2)14-15)25-24(29)22-26-20-17-8-4-5-9-19(17)30-21(20)23(27-22)28-12-6-3-7-13-28/h4-5,8-11,14H,3,6-7,12-13H2,1-2H3,(H,25,29). The number of fused-ring (bicyclic) bond motifs is 3. The number of carbonyl (C=O) groups excluding carboxylic acids is 1. The van der Waals surface area contributed by atoms with E-state index in [9.17, 15) is 4.79 Å². The molecule has 0 aliphatic carbocycles. The molecule has 152 valence electrons. The van der Waals surface area contributed by atoms with E-state index in [4.69, 9.17) is 4.42 Å². The van der Waals surface area contributed by atoms with Crippen molar-refractivity contribution in [3.05, 3.63) is 59.4 Å². The Kier molecular flexibility index (Phi) is 4.62. The predicted molar refractivity (Wildman–Crippen MR) is 119 cm³/mol. The third kappa shape index (κ3) is 3.28. The fourth-order valence-corrected chi connectivity index (χ4v) is 4.13. The molecular weight excluding hydrogens is 376 g/mol. The number of nitrogens with zero attached hydrogens (tertiary/aromatic N) is 3. The van der Waals surface area contributed by atoms with Crippen molar-refractivity contribution in [1.82, 2.24) is 9.97 Å². The number of piperidine rings is 1. The predicted octanol–water partition coefficient (Wildman–Crippen LogP) is 5.24.